The maximum absolute atomic E-state index is 12.7. The molecule has 0 bridgehead atoms. The summed E-state index contributed by atoms with van der Waals surface area (Å²) in [7, 11) is 0. The number of amides is 1. The average molecular weight is 677 g/mol. The quantitative estimate of drug-likeness (QED) is 0.220. The second-order valence-corrected chi connectivity index (χ2v) is 12.8. The predicted octanol–water partition coefficient (Wildman–Crippen LogP) is 13.3. The lowest BCUT2D eigenvalue weighted by Crippen LogP contribution is -2.26. The molecule has 1 aliphatic heterocycles. The fourth-order valence-corrected chi connectivity index (χ4v) is 6.36. The molecule has 1 atom stereocenters. The van der Waals surface area contributed by atoms with Gasteiger partial charge >= 0.3 is 0 Å². The Morgan fingerprint density at radius 3 is 2.08 bits per heavy atom. The summed E-state index contributed by atoms with van der Waals surface area (Å²) in [5.41, 5.74) is 13.8. The zero-order valence-corrected chi connectivity index (χ0v) is 33.8. The highest BCUT2D eigenvalue weighted by Crippen LogP contribution is 2.42. The highest BCUT2D eigenvalue weighted by molar-refractivity contribution is 6.07. The van der Waals surface area contributed by atoms with Crippen LogP contribution in [0.5, 0.6) is 0 Å². The maximum atomic E-state index is 12.7. The largest absolute Gasteiger partial charge is 0.371 e. The van der Waals surface area contributed by atoms with Gasteiger partial charge in [-0.15, -0.1) is 0 Å². The summed E-state index contributed by atoms with van der Waals surface area (Å²) in [6, 6.07) is 8.76. The molecule has 0 aromatic heterocycles. The molecule has 1 saturated carbocycles. The third-order valence-electron chi connectivity index (χ3n) is 9.32. The molecule has 278 valence electrons. The van der Waals surface area contributed by atoms with E-state index >= 15 is 0 Å². The third kappa shape index (κ3) is 15.1. The molecule has 2 aromatic carbocycles. The van der Waals surface area contributed by atoms with Crippen LogP contribution in [0.25, 0.3) is 11.1 Å². The molecule has 1 saturated heterocycles. The minimum absolute atomic E-state index is 0.410. The van der Waals surface area contributed by atoms with Crippen molar-refractivity contribution in [2.24, 2.45) is 22.6 Å². The number of hydrogen-bond donors (Lipinski definition) is 2. The third-order valence-corrected chi connectivity index (χ3v) is 9.32. The van der Waals surface area contributed by atoms with Crippen molar-refractivity contribution in [1.29, 1.82) is 0 Å². The fourth-order valence-electron chi connectivity index (χ4n) is 6.36. The van der Waals surface area contributed by atoms with Crippen LogP contribution in [0.15, 0.2) is 42.0 Å². The second kappa shape index (κ2) is 27.7. The number of nitrogens with zero attached hydrogens (tertiary/aromatic N) is 2. The second-order valence-electron chi connectivity index (χ2n) is 12.8. The monoisotopic (exact) mass is 677 g/mol. The Bertz CT molecular complexity index is 1210. The molecule has 2 fully saturated rings. The topological polar surface area (TPSA) is 70.7 Å². The lowest BCUT2D eigenvalue weighted by molar-refractivity contribution is 0.100. The van der Waals surface area contributed by atoms with Crippen molar-refractivity contribution < 1.29 is 4.79 Å². The number of rotatable bonds is 12. The number of benzene rings is 2. The summed E-state index contributed by atoms with van der Waals surface area (Å²) in [6.45, 7) is 29.0. The van der Waals surface area contributed by atoms with Crippen molar-refractivity contribution in [3.63, 3.8) is 0 Å². The summed E-state index contributed by atoms with van der Waals surface area (Å²) in [5.74, 6) is 1.26. The molecule has 1 unspecified atom stereocenters. The van der Waals surface area contributed by atoms with E-state index in [4.69, 9.17) is 5.73 Å². The molecule has 0 radical (unpaired) electrons. The molecule has 4 rings (SSSR count). The lowest BCUT2D eigenvalue weighted by atomic mass is 9.90. The first-order valence-electron chi connectivity index (χ1n) is 20.0. The molecular weight excluding hydrogens is 601 g/mol. The molecule has 5 heteroatoms. The van der Waals surface area contributed by atoms with Crippen LogP contribution in [0.1, 0.15) is 168 Å². The van der Waals surface area contributed by atoms with Crippen LogP contribution in [0.2, 0.25) is 0 Å². The number of nitrogens with one attached hydrogen (secondary N) is 1. The number of carbonyl (C=O) groups excluding carboxylic acids is 1. The fraction of sp³-hybridized carbons (Fsp3) is 0.636. The first kappa shape index (κ1) is 45.9. The van der Waals surface area contributed by atoms with Crippen LogP contribution in [0, 0.1) is 11.8 Å². The molecule has 2 aliphatic rings. The molecule has 49 heavy (non-hydrogen) atoms. The van der Waals surface area contributed by atoms with E-state index in [9.17, 15) is 4.79 Å². The molecular formula is C44H76N4O. The van der Waals surface area contributed by atoms with Crippen LogP contribution < -0.4 is 16.0 Å². The minimum Gasteiger partial charge on any atom is -0.371 e. The number of aliphatic imine (C=N–C) groups is 1. The van der Waals surface area contributed by atoms with Crippen molar-refractivity contribution in [2.45, 2.75) is 160 Å². The first-order chi connectivity index (χ1) is 23.8. The van der Waals surface area contributed by atoms with Gasteiger partial charge in [-0.1, -0.05) is 146 Å². The Hall–Kier alpha value is -3.08. The molecule has 1 heterocycles. The van der Waals surface area contributed by atoms with Gasteiger partial charge in [0, 0.05) is 19.3 Å². The molecule has 5 nitrogen and oxygen atoms in total. The number of nitrogens with two attached hydrogens (primary N) is 1. The van der Waals surface area contributed by atoms with Gasteiger partial charge in [-0.2, -0.15) is 0 Å². The summed E-state index contributed by atoms with van der Waals surface area (Å²) in [5, 5.41) is 3.26. The highest BCUT2D eigenvalue weighted by Gasteiger charge is 2.28. The van der Waals surface area contributed by atoms with E-state index in [1.54, 1.807) is 6.20 Å². The van der Waals surface area contributed by atoms with Gasteiger partial charge in [0.05, 0.1) is 22.6 Å². The molecule has 2 aromatic rings. The average Bonchev–Trinajstić information content (AvgIpc) is 3.62. The van der Waals surface area contributed by atoms with Gasteiger partial charge in [0.25, 0.3) is 5.91 Å². The molecule has 1 aliphatic carbocycles. The van der Waals surface area contributed by atoms with Crippen molar-refractivity contribution in [3.8, 4) is 11.1 Å². The minimum atomic E-state index is -0.410. The van der Waals surface area contributed by atoms with Gasteiger partial charge in [0.1, 0.15) is 0 Å². The number of anilines is 2. The number of carbonyl (C=O) groups is 1. The van der Waals surface area contributed by atoms with E-state index in [1.807, 2.05) is 40.8 Å². The van der Waals surface area contributed by atoms with E-state index in [2.05, 4.69) is 87.6 Å². The van der Waals surface area contributed by atoms with Crippen LogP contribution in [0.3, 0.4) is 0 Å². The number of unbranched alkanes of at least 4 members (excludes halogenated alkanes) is 2. The van der Waals surface area contributed by atoms with E-state index in [0.29, 0.717) is 11.5 Å². The number of hydrogen-bond acceptors (Lipinski definition) is 4. The van der Waals surface area contributed by atoms with Crippen molar-refractivity contribution in [1.82, 2.24) is 0 Å². The van der Waals surface area contributed by atoms with Gasteiger partial charge in [-0.3, -0.25) is 9.79 Å². The van der Waals surface area contributed by atoms with Crippen molar-refractivity contribution >= 4 is 29.2 Å². The summed E-state index contributed by atoms with van der Waals surface area (Å²) >= 11 is 0. The first-order valence-corrected chi connectivity index (χ1v) is 20.0. The van der Waals surface area contributed by atoms with Gasteiger partial charge in [-0.25, -0.2) is 0 Å². The SMILES string of the molecule is C=CNc1c(CC)c(-c2ccc(CCCC)c(N=CC)c2)cc(N2CCC(CC)C2)c1C(N)=O.CC.CC.CC1CCCCC1.CCCC. The molecule has 3 N–H and O–H groups in total. The Morgan fingerprint density at radius 1 is 0.980 bits per heavy atom. The van der Waals surface area contributed by atoms with Gasteiger partial charge in [-0.05, 0) is 85.0 Å². The maximum Gasteiger partial charge on any atom is 0.252 e. The normalized spacial score (nSPS) is 15.4. The highest BCUT2D eigenvalue weighted by atomic mass is 16.1. The Balaban J connectivity index is 0.00000128. The summed E-state index contributed by atoms with van der Waals surface area (Å²) in [6.07, 6.45) is 19.9. The Morgan fingerprint density at radius 2 is 1.63 bits per heavy atom. The lowest BCUT2D eigenvalue weighted by Gasteiger charge is -2.27. The zero-order chi connectivity index (χ0) is 37.2. The van der Waals surface area contributed by atoms with Crippen molar-refractivity contribution in [2.75, 3.05) is 23.3 Å². The van der Waals surface area contributed by atoms with Gasteiger partial charge in [0.15, 0.2) is 0 Å². The van der Waals surface area contributed by atoms with Crippen LogP contribution >= 0.6 is 0 Å². The standard InChI is InChI=1S/C29H40N4O.C7H14.C4H10.2C2H6/c1-6-11-12-21-13-14-22(17-25(21)31-9-4)24-18-26(33-16-15-20(7-2)19-33)27(29(30)34)28(32-10-5)23(24)8-3;1-7-5-3-2-4-6-7;1-3-4-2;2*1-2/h9-10,13-14,17-18,20,32H,5-8,11-12,15-16,19H2,1-4H3,(H2,30,34);7H,2-6H2,1H3;3-4H2,1-2H3;2*1-2H3. The summed E-state index contributed by atoms with van der Waals surface area (Å²) < 4.78 is 0. The van der Waals surface area contributed by atoms with Gasteiger partial charge in [0.2, 0.25) is 0 Å². The molecule has 1 amide bonds. The Labute approximate surface area is 303 Å². The van der Waals surface area contributed by atoms with E-state index in [0.717, 1.165) is 91.3 Å². The van der Waals surface area contributed by atoms with Crippen molar-refractivity contribution in [3.05, 3.63) is 53.7 Å². The van der Waals surface area contributed by atoms with E-state index in [1.165, 1.54) is 50.5 Å². The van der Waals surface area contributed by atoms with Crippen LogP contribution in [-0.4, -0.2) is 25.2 Å². The molecule has 0 spiro atoms. The number of aryl methyl sites for hydroxylation is 1. The summed E-state index contributed by atoms with van der Waals surface area (Å²) in [4.78, 5) is 19.7. The van der Waals surface area contributed by atoms with E-state index < -0.39 is 5.91 Å². The van der Waals surface area contributed by atoms with E-state index in [-0.39, 0.29) is 0 Å². The predicted molar refractivity (Wildman–Crippen MR) is 222 cm³/mol. The number of primary amides is 1. The van der Waals surface area contributed by atoms with Gasteiger partial charge < -0.3 is 16.0 Å². The Kier molecular flexibility index (Phi) is 26.0. The van der Waals surface area contributed by atoms with Crippen LogP contribution in [-0.2, 0) is 12.8 Å². The smallest absolute Gasteiger partial charge is 0.252 e. The zero-order valence-electron chi connectivity index (χ0n) is 33.8. The van der Waals surface area contributed by atoms with Crippen LogP contribution in [0.4, 0.5) is 17.1 Å².